The lowest BCUT2D eigenvalue weighted by Crippen LogP contribution is -2.07. The van der Waals surface area contributed by atoms with E-state index in [4.69, 9.17) is 4.74 Å². The molecule has 16 heavy (non-hydrogen) atoms. The summed E-state index contributed by atoms with van der Waals surface area (Å²) in [7, 11) is 1.64. The van der Waals surface area contributed by atoms with Gasteiger partial charge in [0, 0.05) is 5.92 Å². The third-order valence-electron chi connectivity index (χ3n) is 2.41. The third kappa shape index (κ3) is 3.23. The van der Waals surface area contributed by atoms with Gasteiger partial charge in [0.1, 0.15) is 5.75 Å². The summed E-state index contributed by atoms with van der Waals surface area (Å²) in [5, 5.41) is 0. The quantitative estimate of drug-likeness (QED) is 0.725. The first kappa shape index (κ1) is 12.5. The number of benzene rings is 1. The van der Waals surface area contributed by atoms with Gasteiger partial charge in [-0.05, 0) is 36.3 Å². The average molecular weight is 218 g/mol. The number of carbonyl (C=O) groups excluding carboxylic acids is 1. The van der Waals surface area contributed by atoms with Gasteiger partial charge in [-0.25, -0.2) is 0 Å². The summed E-state index contributed by atoms with van der Waals surface area (Å²) in [5.41, 5.74) is 1.81. The highest BCUT2D eigenvalue weighted by atomic mass is 16.5. The van der Waals surface area contributed by atoms with Crippen molar-refractivity contribution >= 4 is 11.9 Å². The van der Waals surface area contributed by atoms with Crippen LogP contribution < -0.4 is 4.74 Å². The molecule has 0 N–H and O–H groups in total. The lowest BCUT2D eigenvalue weighted by molar-refractivity contribution is -0.118. The summed E-state index contributed by atoms with van der Waals surface area (Å²) >= 11 is 0. The fourth-order valence-electron chi connectivity index (χ4n) is 1.48. The van der Waals surface area contributed by atoms with Crippen molar-refractivity contribution in [1.29, 1.82) is 0 Å². The average Bonchev–Trinajstić information content (AvgIpc) is 2.28. The molecule has 1 aromatic carbocycles. The first-order chi connectivity index (χ1) is 7.54. The highest BCUT2D eigenvalue weighted by molar-refractivity contribution is 6.00. The van der Waals surface area contributed by atoms with Crippen LogP contribution in [0.3, 0.4) is 0 Å². The van der Waals surface area contributed by atoms with Gasteiger partial charge in [0.05, 0.1) is 7.11 Å². The molecule has 0 unspecified atom stereocenters. The van der Waals surface area contributed by atoms with Crippen LogP contribution in [0.1, 0.15) is 26.3 Å². The number of hydrogen-bond acceptors (Lipinski definition) is 2. The van der Waals surface area contributed by atoms with Crippen LogP contribution in [0.5, 0.6) is 5.75 Å². The lowest BCUT2D eigenvalue weighted by Gasteiger charge is -2.04. The molecule has 1 aromatic rings. The van der Waals surface area contributed by atoms with Crippen molar-refractivity contribution < 1.29 is 9.53 Å². The first-order valence-corrected chi connectivity index (χ1v) is 5.41. The number of carbonyl (C=O) groups is 1. The van der Waals surface area contributed by atoms with Crippen LogP contribution in [-0.2, 0) is 4.79 Å². The van der Waals surface area contributed by atoms with Crippen LogP contribution in [0.2, 0.25) is 0 Å². The highest BCUT2D eigenvalue weighted by Crippen LogP contribution is 2.15. The molecule has 0 amide bonds. The van der Waals surface area contributed by atoms with Crippen molar-refractivity contribution in [3.05, 3.63) is 35.4 Å². The molecule has 0 aliphatic heterocycles. The van der Waals surface area contributed by atoms with Crippen LogP contribution in [0, 0.1) is 5.92 Å². The number of hydrogen-bond donors (Lipinski definition) is 0. The SMILES string of the molecule is COc1ccc(/C=C(\C)C(=O)C(C)C)cc1. The van der Waals surface area contributed by atoms with Crippen molar-refractivity contribution in [1.82, 2.24) is 0 Å². The van der Waals surface area contributed by atoms with Crippen LogP contribution in [-0.4, -0.2) is 12.9 Å². The van der Waals surface area contributed by atoms with Gasteiger partial charge in [-0.1, -0.05) is 26.0 Å². The highest BCUT2D eigenvalue weighted by Gasteiger charge is 2.08. The topological polar surface area (TPSA) is 26.3 Å². The second kappa shape index (κ2) is 5.50. The van der Waals surface area contributed by atoms with Crippen molar-refractivity contribution in [2.45, 2.75) is 20.8 Å². The Morgan fingerprint density at radius 1 is 1.25 bits per heavy atom. The van der Waals surface area contributed by atoms with Crippen LogP contribution in [0.25, 0.3) is 6.08 Å². The van der Waals surface area contributed by atoms with Crippen molar-refractivity contribution in [3.8, 4) is 5.75 Å². The molecule has 0 heterocycles. The van der Waals surface area contributed by atoms with E-state index in [0.717, 1.165) is 16.9 Å². The lowest BCUT2D eigenvalue weighted by atomic mass is 10.0. The number of rotatable bonds is 4. The van der Waals surface area contributed by atoms with Gasteiger partial charge in [0.2, 0.25) is 0 Å². The molecule has 0 aliphatic rings. The molecule has 86 valence electrons. The summed E-state index contributed by atoms with van der Waals surface area (Å²) in [6.07, 6.45) is 1.90. The summed E-state index contributed by atoms with van der Waals surface area (Å²) in [4.78, 5) is 11.7. The molecule has 0 fully saturated rings. The minimum atomic E-state index is 0.0505. The Hall–Kier alpha value is -1.57. The Bertz CT molecular complexity index is 386. The zero-order valence-corrected chi connectivity index (χ0v) is 10.3. The van der Waals surface area contributed by atoms with Gasteiger partial charge >= 0.3 is 0 Å². The Balaban J connectivity index is 2.86. The molecule has 0 saturated carbocycles. The van der Waals surface area contributed by atoms with Gasteiger partial charge in [-0.2, -0.15) is 0 Å². The molecular formula is C14H18O2. The molecule has 0 bridgehead atoms. The van der Waals surface area contributed by atoms with E-state index in [-0.39, 0.29) is 11.7 Å². The van der Waals surface area contributed by atoms with Crippen molar-refractivity contribution in [2.24, 2.45) is 5.92 Å². The Morgan fingerprint density at radius 2 is 1.81 bits per heavy atom. The fourth-order valence-corrected chi connectivity index (χ4v) is 1.48. The molecule has 2 nitrogen and oxygen atoms in total. The predicted octanol–water partition coefficient (Wildman–Crippen LogP) is 3.32. The Labute approximate surface area is 96.9 Å². The van der Waals surface area contributed by atoms with E-state index >= 15 is 0 Å². The minimum absolute atomic E-state index is 0.0505. The van der Waals surface area contributed by atoms with E-state index < -0.39 is 0 Å². The normalized spacial score (nSPS) is 11.7. The molecule has 0 atom stereocenters. The molecular weight excluding hydrogens is 200 g/mol. The molecule has 0 saturated heterocycles. The largest absolute Gasteiger partial charge is 0.497 e. The maximum atomic E-state index is 11.7. The summed E-state index contributed by atoms with van der Waals surface area (Å²) < 4.78 is 5.07. The van der Waals surface area contributed by atoms with Gasteiger partial charge in [0.25, 0.3) is 0 Å². The number of Topliss-reactive ketones (excluding diaryl/α,β-unsaturated/α-hetero) is 1. The smallest absolute Gasteiger partial charge is 0.161 e. The van der Waals surface area contributed by atoms with Crippen LogP contribution >= 0.6 is 0 Å². The number of ether oxygens (including phenoxy) is 1. The summed E-state index contributed by atoms with van der Waals surface area (Å²) in [5.74, 6) is 1.07. The van der Waals surface area contributed by atoms with E-state index in [2.05, 4.69) is 0 Å². The van der Waals surface area contributed by atoms with Gasteiger partial charge < -0.3 is 4.74 Å². The summed E-state index contributed by atoms with van der Waals surface area (Å²) in [6, 6.07) is 7.66. The second-order valence-electron chi connectivity index (χ2n) is 4.12. The van der Waals surface area contributed by atoms with Crippen LogP contribution in [0.4, 0.5) is 0 Å². The first-order valence-electron chi connectivity index (χ1n) is 5.41. The molecule has 1 rings (SSSR count). The molecule has 0 aromatic heterocycles. The Kier molecular flexibility index (Phi) is 4.29. The van der Waals surface area contributed by atoms with E-state index in [9.17, 15) is 4.79 Å². The minimum Gasteiger partial charge on any atom is -0.497 e. The maximum absolute atomic E-state index is 11.7. The predicted molar refractivity (Wildman–Crippen MR) is 66.5 cm³/mol. The van der Waals surface area contributed by atoms with Gasteiger partial charge in [-0.3, -0.25) is 4.79 Å². The fraction of sp³-hybridized carbons (Fsp3) is 0.357. The van der Waals surface area contributed by atoms with Gasteiger partial charge in [0.15, 0.2) is 5.78 Å². The molecule has 0 aliphatic carbocycles. The molecule has 2 heteroatoms. The van der Waals surface area contributed by atoms with Crippen molar-refractivity contribution in [2.75, 3.05) is 7.11 Å². The van der Waals surface area contributed by atoms with Crippen LogP contribution in [0.15, 0.2) is 29.8 Å². The molecule has 0 spiro atoms. The van der Waals surface area contributed by atoms with Crippen molar-refractivity contribution in [3.63, 3.8) is 0 Å². The second-order valence-corrected chi connectivity index (χ2v) is 4.12. The molecule has 0 radical (unpaired) electrons. The standard InChI is InChI=1S/C14H18O2/c1-10(2)14(15)11(3)9-12-5-7-13(16-4)8-6-12/h5-10H,1-4H3/b11-9+. The number of ketones is 1. The van der Waals surface area contributed by atoms with E-state index in [1.165, 1.54) is 0 Å². The Morgan fingerprint density at radius 3 is 2.25 bits per heavy atom. The zero-order chi connectivity index (χ0) is 12.1. The van der Waals surface area contributed by atoms with E-state index in [0.29, 0.717) is 0 Å². The number of allylic oxidation sites excluding steroid dienone is 1. The third-order valence-corrected chi connectivity index (χ3v) is 2.41. The van der Waals surface area contributed by atoms with Gasteiger partial charge in [-0.15, -0.1) is 0 Å². The summed E-state index contributed by atoms with van der Waals surface area (Å²) in [6.45, 7) is 5.67. The van der Waals surface area contributed by atoms with E-state index in [1.54, 1.807) is 7.11 Å². The zero-order valence-electron chi connectivity index (χ0n) is 10.3. The number of methoxy groups -OCH3 is 1. The monoisotopic (exact) mass is 218 g/mol. The maximum Gasteiger partial charge on any atom is 0.161 e. The van der Waals surface area contributed by atoms with E-state index in [1.807, 2.05) is 51.1 Å².